The number of nitrogens with one attached hydrogen (secondary N) is 1. The van der Waals surface area contributed by atoms with Crippen LogP contribution < -0.4 is 11.2 Å². The summed E-state index contributed by atoms with van der Waals surface area (Å²) in [6, 6.07) is 1.86. The lowest BCUT2D eigenvalue weighted by atomic mass is 10.2. The van der Waals surface area contributed by atoms with E-state index in [9.17, 15) is 9.59 Å². The number of aromatic amines is 1. The van der Waals surface area contributed by atoms with Gasteiger partial charge in [0, 0.05) is 12.2 Å². The third-order valence-electron chi connectivity index (χ3n) is 2.89. The van der Waals surface area contributed by atoms with Gasteiger partial charge in [0.2, 0.25) is 0 Å². The van der Waals surface area contributed by atoms with Crippen LogP contribution in [-0.4, -0.2) is 9.55 Å². The highest BCUT2D eigenvalue weighted by molar-refractivity contribution is 5.22. The number of nitrogens with zero attached hydrogens (tertiary/aromatic N) is 2. The van der Waals surface area contributed by atoms with Crippen molar-refractivity contribution in [1.29, 1.82) is 5.26 Å². The zero-order chi connectivity index (χ0) is 11.2. The third kappa shape index (κ3) is 1.48. The summed E-state index contributed by atoms with van der Waals surface area (Å²) in [4.78, 5) is 24.8. The number of rotatable bonds is 1. The van der Waals surface area contributed by atoms with E-state index in [0.29, 0.717) is 0 Å². The fourth-order valence-corrected chi connectivity index (χ4v) is 1.71. The van der Waals surface area contributed by atoms with E-state index in [0.717, 1.165) is 6.42 Å². The van der Waals surface area contributed by atoms with Gasteiger partial charge in [0.15, 0.2) is 0 Å². The van der Waals surface area contributed by atoms with Gasteiger partial charge in [0.1, 0.15) is 11.6 Å². The molecule has 1 aromatic heterocycles. The molecule has 0 bridgehead atoms. The van der Waals surface area contributed by atoms with Crippen molar-refractivity contribution < 1.29 is 0 Å². The summed E-state index contributed by atoms with van der Waals surface area (Å²) >= 11 is 0. The molecule has 0 amide bonds. The lowest BCUT2D eigenvalue weighted by Crippen LogP contribution is -2.31. The normalized spacial score (nSPS) is 22.1. The lowest BCUT2D eigenvalue weighted by molar-refractivity contribution is 0.521. The van der Waals surface area contributed by atoms with Crippen LogP contribution in [0.1, 0.15) is 31.9 Å². The molecule has 5 heteroatoms. The first-order valence-electron chi connectivity index (χ1n) is 4.71. The van der Waals surface area contributed by atoms with Gasteiger partial charge in [-0.3, -0.25) is 14.3 Å². The average molecular weight is 205 g/mol. The number of H-pyrrole nitrogens is 1. The summed E-state index contributed by atoms with van der Waals surface area (Å²) in [6.45, 7) is 4.09. The molecular formula is C10H11N3O2. The summed E-state index contributed by atoms with van der Waals surface area (Å²) in [6.07, 6.45) is 2.24. The Morgan fingerprint density at radius 3 is 2.67 bits per heavy atom. The molecule has 2 rings (SSSR count). The molecule has 0 spiro atoms. The minimum Gasteiger partial charge on any atom is -0.296 e. The number of hydrogen-bond acceptors (Lipinski definition) is 3. The molecule has 1 aliphatic carbocycles. The Kier molecular flexibility index (Phi) is 1.83. The van der Waals surface area contributed by atoms with E-state index in [1.54, 1.807) is 6.07 Å². The minimum atomic E-state index is -0.614. The van der Waals surface area contributed by atoms with Gasteiger partial charge < -0.3 is 0 Å². The van der Waals surface area contributed by atoms with E-state index in [1.165, 1.54) is 10.8 Å². The van der Waals surface area contributed by atoms with Crippen LogP contribution in [0.3, 0.4) is 0 Å². The van der Waals surface area contributed by atoms with Crippen molar-refractivity contribution in [3.05, 3.63) is 32.6 Å². The zero-order valence-corrected chi connectivity index (χ0v) is 8.57. The van der Waals surface area contributed by atoms with Crippen LogP contribution in [0.2, 0.25) is 0 Å². The van der Waals surface area contributed by atoms with Gasteiger partial charge in [0.25, 0.3) is 5.56 Å². The van der Waals surface area contributed by atoms with Crippen LogP contribution in [0.25, 0.3) is 0 Å². The molecule has 1 fully saturated rings. The summed E-state index contributed by atoms with van der Waals surface area (Å²) in [5.41, 5.74) is -0.987. The van der Waals surface area contributed by atoms with Gasteiger partial charge in [0.05, 0.1) is 0 Å². The van der Waals surface area contributed by atoms with Crippen molar-refractivity contribution >= 4 is 0 Å². The second-order valence-corrected chi connectivity index (χ2v) is 4.53. The Morgan fingerprint density at radius 2 is 2.20 bits per heavy atom. The van der Waals surface area contributed by atoms with Gasteiger partial charge in [-0.15, -0.1) is 0 Å². The fourth-order valence-electron chi connectivity index (χ4n) is 1.71. The minimum absolute atomic E-state index is 0.0164. The second kappa shape index (κ2) is 2.83. The molecule has 1 atom stereocenters. The molecule has 1 saturated carbocycles. The maximum atomic E-state index is 11.5. The standard InChI is InChI=1S/C10H11N3O2/c1-10(2)3-7(10)13-5-6(4-11)8(14)12-9(13)15/h5,7H,3H2,1-2H3,(H,12,14,15). The van der Waals surface area contributed by atoms with Crippen LogP contribution in [0, 0.1) is 16.7 Å². The maximum absolute atomic E-state index is 11.5. The van der Waals surface area contributed by atoms with Crippen LogP contribution in [0.5, 0.6) is 0 Å². The van der Waals surface area contributed by atoms with Crippen LogP contribution in [0.4, 0.5) is 0 Å². The van der Waals surface area contributed by atoms with Crippen molar-refractivity contribution in [2.24, 2.45) is 5.41 Å². The zero-order valence-electron chi connectivity index (χ0n) is 8.57. The van der Waals surface area contributed by atoms with Crippen LogP contribution >= 0.6 is 0 Å². The first kappa shape index (κ1) is 9.71. The topological polar surface area (TPSA) is 78.7 Å². The average Bonchev–Trinajstić information content (AvgIpc) is 2.75. The molecule has 1 heterocycles. The Hall–Kier alpha value is -1.83. The van der Waals surface area contributed by atoms with Gasteiger partial charge in [-0.25, -0.2) is 4.79 Å². The van der Waals surface area contributed by atoms with Gasteiger partial charge >= 0.3 is 5.69 Å². The van der Waals surface area contributed by atoms with Gasteiger partial charge in [-0.2, -0.15) is 5.26 Å². The van der Waals surface area contributed by atoms with Gasteiger partial charge in [-0.1, -0.05) is 13.8 Å². The molecule has 78 valence electrons. The Balaban J connectivity index is 2.56. The van der Waals surface area contributed by atoms with Crippen molar-refractivity contribution in [3.8, 4) is 6.07 Å². The third-order valence-corrected chi connectivity index (χ3v) is 2.89. The highest BCUT2D eigenvalue weighted by Gasteiger charge is 2.47. The van der Waals surface area contributed by atoms with E-state index >= 15 is 0 Å². The number of hydrogen-bond donors (Lipinski definition) is 1. The van der Waals surface area contributed by atoms with Crippen molar-refractivity contribution in [3.63, 3.8) is 0 Å². The van der Waals surface area contributed by atoms with E-state index < -0.39 is 11.2 Å². The largest absolute Gasteiger partial charge is 0.328 e. The monoisotopic (exact) mass is 205 g/mol. The molecule has 0 aliphatic heterocycles. The quantitative estimate of drug-likeness (QED) is 0.719. The van der Waals surface area contributed by atoms with E-state index in [2.05, 4.69) is 4.98 Å². The highest BCUT2D eigenvalue weighted by Crippen LogP contribution is 2.54. The summed E-state index contributed by atoms with van der Waals surface area (Å²) in [7, 11) is 0. The molecule has 0 aromatic carbocycles. The molecule has 1 N–H and O–H groups in total. The van der Waals surface area contributed by atoms with Crippen LogP contribution in [-0.2, 0) is 0 Å². The predicted molar refractivity (Wildman–Crippen MR) is 53.5 cm³/mol. The second-order valence-electron chi connectivity index (χ2n) is 4.53. The summed E-state index contributed by atoms with van der Waals surface area (Å²) < 4.78 is 1.44. The maximum Gasteiger partial charge on any atom is 0.328 e. The molecule has 0 saturated heterocycles. The number of nitriles is 1. The van der Waals surface area contributed by atoms with E-state index in [4.69, 9.17) is 5.26 Å². The Labute approximate surface area is 86.0 Å². The Morgan fingerprint density at radius 1 is 1.60 bits per heavy atom. The molecule has 1 unspecified atom stereocenters. The van der Waals surface area contributed by atoms with Crippen molar-refractivity contribution in [1.82, 2.24) is 9.55 Å². The number of aromatic nitrogens is 2. The van der Waals surface area contributed by atoms with E-state index in [1.807, 2.05) is 13.8 Å². The summed E-state index contributed by atoms with van der Waals surface area (Å²) in [5, 5.41) is 8.68. The first-order valence-corrected chi connectivity index (χ1v) is 4.71. The summed E-state index contributed by atoms with van der Waals surface area (Å²) in [5.74, 6) is 0. The molecule has 15 heavy (non-hydrogen) atoms. The lowest BCUT2D eigenvalue weighted by Gasteiger charge is -2.06. The predicted octanol–water partition coefficient (Wildman–Crippen LogP) is 0.379. The smallest absolute Gasteiger partial charge is 0.296 e. The first-order chi connectivity index (χ1) is 6.95. The van der Waals surface area contributed by atoms with Gasteiger partial charge in [-0.05, 0) is 11.8 Å². The molecule has 0 radical (unpaired) electrons. The highest BCUT2D eigenvalue weighted by atomic mass is 16.2. The molecule has 1 aromatic rings. The molecular weight excluding hydrogens is 194 g/mol. The van der Waals surface area contributed by atoms with Crippen LogP contribution in [0.15, 0.2) is 15.8 Å². The Bertz CT molecular complexity index is 559. The fraction of sp³-hybridized carbons (Fsp3) is 0.500. The van der Waals surface area contributed by atoms with Crippen molar-refractivity contribution in [2.45, 2.75) is 26.3 Å². The van der Waals surface area contributed by atoms with Crippen molar-refractivity contribution in [2.75, 3.05) is 0 Å². The molecule has 1 aliphatic rings. The molecule has 5 nitrogen and oxygen atoms in total. The van der Waals surface area contributed by atoms with E-state index in [-0.39, 0.29) is 17.0 Å². The SMILES string of the molecule is CC1(C)CC1n1cc(C#N)c(=O)[nH]c1=O.